The highest BCUT2D eigenvalue weighted by Crippen LogP contribution is 2.19. The molecule has 0 heterocycles. The van der Waals surface area contributed by atoms with E-state index in [2.05, 4.69) is 5.32 Å². The van der Waals surface area contributed by atoms with Crippen LogP contribution in [-0.4, -0.2) is 25.7 Å². The maximum absolute atomic E-state index is 12.9. The number of nitrogens with one attached hydrogen (secondary N) is 1. The molecule has 1 aliphatic rings. The van der Waals surface area contributed by atoms with Crippen molar-refractivity contribution in [1.82, 2.24) is 5.32 Å². The molecule has 3 nitrogen and oxygen atoms in total. The van der Waals surface area contributed by atoms with Crippen molar-refractivity contribution in [2.75, 3.05) is 13.6 Å². The molecule has 1 unspecified atom stereocenters. The highest BCUT2D eigenvalue weighted by Gasteiger charge is 2.18. The normalized spacial score (nSPS) is 21.9. The Balaban J connectivity index is 2.88. The van der Waals surface area contributed by atoms with Crippen LogP contribution in [0.15, 0.2) is 23.3 Å². The molecule has 0 aliphatic heterocycles. The van der Waals surface area contributed by atoms with Gasteiger partial charge in [0.1, 0.15) is 6.17 Å². The molecule has 0 saturated carbocycles. The third-order valence-corrected chi connectivity index (χ3v) is 1.97. The number of carbonyl (C=O) groups is 1. The van der Waals surface area contributed by atoms with Crippen molar-refractivity contribution >= 4 is 5.91 Å². The topological polar surface area (TPSA) is 55.1 Å². The molecule has 1 rings (SSSR count). The SMILES string of the molecule is CNC(=O)C1=CC(F)CC=C1CN. The van der Waals surface area contributed by atoms with Crippen molar-refractivity contribution in [2.24, 2.45) is 5.73 Å². The van der Waals surface area contributed by atoms with Gasteiger partial charge in [-0.25, -0.2) is 4.39 Å². The summed E-state index contributed by atoms with van der Waals surface area (Å²) in [6, 6.07) is 0. The fourth-order valence-electron chi connectivity index (χ4n) is 1.27. The van der Waals surface area contributed by atoms with Gasteiger partial charge in [-0.1, -0.05) is 6.08 Å². The van der Waals surface area contributed by atoms with Crippen LogP contribution < -0.4 is 11.1 Å². The number of likely N-dealkylation sites (N-methyl/N-ethyl adjacent to an activating group) is 1. The van der Waals surface area contributed by atoms with E-state index in [1.54, 1.807) is 6.08 Å². The van der Waals surface area contributed by atoms with Crippen molar-refractivity contribution in [3.8, 4) is 0 Å². The van der Waals surface area contributed by atoms with Gasteiger partial charge < -0.3 is 11.1 Å². The van der Waals surface area contributed by atoms with Gasteiger partial charge in [0, 0.05) is 25.6 Å². The van der Waals surface area contributed by atoms with Gasteiger partial charge in [-0.05, 0) is 11.6 Å². The fraction of sp³-hybridized carbons (Fsp3) is 0.444. The summed E-state index contributed by atoms with van der Waals surface area (Å²) in [7, 11) is 1.51. The Hall–Kier alpha value is -1.16. The van der Waals surface area contributed by atoms with Crippen molar-refractivity contribution in [2.45, 2.75) is 12.6 Å². The lowest BCUT2D eigenvalue weighted by molar-refractivity contribution is -0.116. The zero-order valence-electron chi connectivity index (χ0n) is 7.51. The lowest BCUT2D eigenvalue weighted by Crippen LogP contribution is -2.26. The number of nitrogens with two attached hydrogens (primary N) is 1. The third kappa shape index (κ3) is 2.15. The molecule has 72 valence electrons. The van der Waals surface area contributed by atoms with E-state index in [0.29, 0.717) is 17.6 Å². The van der Waals surface area contributed by atoms with Crippen LogP contribution in [0.4, 0.5) is 4.39 Å². The Bertz CT molecular complexity index is 271. The van der Waals surface area contributed by atoms with Crippen LogP contribution in [0, 0.1) is 0 Å². The first-order valence-electron chi connectivity index (χ1n) is 4.16. The molecule has 0 saturated heterocycles. The smallest absolute Gasteiger partial charge is 0.251 e. The Labute approximate surface area is 76.5 Å². The van der Waals surface area contributed by atoms with Crippen LogP contribution in [0.2, 0.25) is 0 Å². The third-order valence-electron chi connectivity index (χ3n) is 1.97. The second-order valence-corrected chi connectivity index (χ2v) is 2.84. The summed E-state index contributed by atoms with van der Waals surface area (Å²) in [5.41, 5.74) is 6.50. The molecule has 1 amide bonds. The molecule has 1 atom stereocenters. The first-order valence-corrected chi connectivity index (χ1v) is 4.16. The van der Waals surface area contributed by atoms with Crippen LogP contribution in [-0.2, 0) is 4.79 Å². The molecule has 0 fully saturated rings. The molecule has 4 heteroatoms. The van der Waals surface area contributed by atoms with E-state index in [1.807, 2.05) is 0 Å². The highest BCUT2D eigenvalue weighted by atomic mass is 19.1. The van der Waals surface area contributed by atoms with Crippen LogP contribution in [0.5, 0.6) is 0 Å². The maximum atomic E-state index is 12.9. The van der Waals surface area contributed by atoms with Crippen molar-refractivity contribution in [1.29, 1.82) is 0 Å². The summed E-state index contributed by atoms with van der Waals surface area (Å²) in [5.74, 6) is -0.279. The molecular formula is C9H13FN2O. The van der Waals surface area contributed by atoms with E-state index in [4.69, 9.17) is 5.73 Å². The number of halogens is 1. The van der Waals surface area contributed by atoms with Crippen molar-refractivity contribution in [3.05, 3.63) is 23.3 Å². The van der Waals surface area contributed by atoms with Gasteiger partial charge in [0.2, 0.25) is 0 Å². The second-order valence-electron chi connectivity index (χ2n) is 2.84. The Morgan fingerprint density at radius 3 is 3.08 bits per heavy atom. The average molecular weight is 184 g/mol. The first-order chi connectivity index (χ1) is 6.19. The molecule has 0 aromatic rings. The quantitative estimate of drug-likeness (QED) is 0.648. The molecule has 3 N–H and O–H groups in total. The number of hydrogen-bond donors (Lipinski definition) is 2. The van der Waals surface area contributed by atoms with Gasteiger partial charge in [-0.3, -0.25) is 4.79 Å². The van der Waals surface area contributed by atoms with Crippen LogP contribution >= 0.6 is 0 Å². The minimum absolute atomic E-state index is 0.270. The summed E-state index contributed by atoms with van der Waals surface area (Å²) in [4.78, 5) is 11.2. The van der Waals surface area contributed by atoms with Crippen molar-refractivity contribution in [3.63, 3.8) is 0 Å². The van der Waals surface area contributed by atoms with Gasteiger partial charge in [0.15, 0.2) is 0 Å². The zero-order valence-corrected chi connectivity index (χ0v) is 7.51. The molecule has 13 heavy (non-hydrogen) atoms. The molecule has 0 aromatic carbocycles. The Morgan fingerprint density at radius 1 is 1.85 bits per heavy atom. The largest absolute Gasteiger partial charge is 0.355 e. The molecule has 0 aromatic heterocycles. The zero-order chi connectivity index (χ0) is 9.84. The van der Waals surface area contributed by atoms with E-state index in [0.717, 1.165) is 0 Å². The summed E-state index contributed by atoms with van der Waals surface area (Å²) in [5, 5.41) is 2.45. The number of hydrogen-bond acceptors (Lipinski definition) is 2. The summed E-state index contributed by atoms with van der Waals surface area (Å²) in [6.07, 6.45) is 2.24. The van der Waals surface area contributed by atoms with Crippen molar-refractivity contribution < 1.29 is 9.18 Å². The molecule has 0 radical (unpaired) electrons. The predicted octanol–water partition coefficient (Wildman–Crippen LogP) is 0.286. The van der Waals surface area contributed by atoms with Gasteiger partial charge in [0.05, 0.1) is 0 Å². The molecule has 0 bridgehead atoms. The van der Waals surface area contributed by atoms with Crippen LogP contribution in [0.1, 0.15) is 6.42 Å². The standard InChI is InChI=1S/C9H13FN2O/c1-12-9(13)8-4-7(10)3-2-6(8)5-11/h2,4,7H,3,5,11H2,1H3,(H,12,13). The summed E-state index contributed by atoms with van der Waals surface area (Å²) in [6.45, 7) is 0.270. The van der Waals surface area contributed by atoms with Gasteiger partial charge in [-0.2, -0.15) is 0 Å². The van der Waals surface area contributed by atoms with Gasteiger partial charge in [0.25, 0.3) is 5.91 Å². The lowest BCUT2D eigenvalue weighted by Gasteiger charge is -2.15. The highest BCUT2D eigenvalue weighted by molar-refractivity contribution is 5.98. The number of alkyl halides is 1. The van der Waals surface area contributed by atoms with E-state index >= 15 is 0 Å². The molecule has 0 spiro atoms. The number of allylic oxidation sites excluding steroid dienone is 2. The average Bonchev–Trinajstić information content (AvgIpc) is 2.16. The minimum atomic E-state index is -1.07. The van der Waals surface area contributed by atoms with E-state index in [-0.39, 0.29) is 12.5 Å². The maximum Gasteiger partial charge on any atom is 0.251 e. The summed E-state index contributed by atoms with van der Waals surface area (Å²) >= 11 is 0. The number of amides is 1. The Kier molecular flexibility index (Phi) is 3.19. The molecular weight excluding hydrogens is 171 g/mol. The van der Waals surface area contributed by atoms with E-state index in [9.17, 15) is 9.18 Å². The van der Waals surface area contributed by atoms with E-state index < -0.39 is 6.17 Å². The number of carbonyl (C=O) groups excluding carboxylic acids is 1. The number of rotatable bonds is 2. The monoisotopic (exact) mass is 184 g/mol. The second kappa shape index (κ2) is 4.18. The van der Waals surface area contributed by atoms with Crippen LogP contribution in [0.25, 0.3) is 0 Å². The van der Waals surface area contributed by atoms with E-state index in [1.165, 1.54) is 13.1 Å². The van der Waals surface area contributed by atoms with Crippen LogP contribution in [0.3, 0.4) is 0 Å². The van der Waals surface area contributed by atoms with Gasteiger partial charge in [-0.15, -0.1) is 0 Å². The Morgan fingerprint density at radius 2 is 2.54 bits per heavy atom. The van der Waals surface area contributed by atoms with Gasteiger partial charge >= 0.3 is 0 Å². The first kappa shape index (κ1) is 9.92. The fourth-order valence-corrected chi connectivity index (χ4v) is 1.27. The summed E-state index contributed by atoms with van der Waals surface area (Å²) < 4.78 is 12.9. The minimum Gasteiger partial charge on any atom is -0.355 e. The molecule has 1 aliphatic carbocycles. The predicted molar refractivity (Wildman–Crippen MR) is 48.8 cm³/mol. The lowest BCUT2D eigenvalue weighted by atomic mass is 9.96.